The molecule has 0 aliphatic carbocycles. The number of ether oxygens (including phenoxy) is 4. The topological polar surface area (TPSA) is 67.5 Å². The fourth-order valence-electron chi connectivity index (χ4n) is 4.55. The highest BCUT2D eigenvalue weighted by molar-refractivity contribution is 5.85. The first kappa shape index (κ1) is 32.4. The minimum atomic E-state index is 0. The van der Waals surface area contributed by atoms with E-state index in [9.17, 15) is 0 Å². The van der Waals surface area contributed by atoms with Crippen molar-refractivity contribution in [1.29, 1.82) is 0 Å². The van der Waals surface area contributed by atoms with E-state index in [0.717, 1.165) is 118 Å². The number of benzene rings is 1. The van der Waals surface area contributed by atoms with E-state index >= 15 is 0 Å². The van der Waals surface area contributed by atoms with Crippen molar-refractivity contribution in [2.75, 3.05) is 105 Å². The van der Waals surface area contributed by atoms with Gasteiger partial charge in [-0.2, -0.15) is 0 Å². The van der Waals surface area contributed by atoms with E-state index in [1.807, 2.05) is 0 Å². The van der Waals surface area contributed by atoms with Gasteiger partial charge in [0.1, 0.15) is 0 Å². The quantitative estimate of drug-likeness (QED) is 0.602. The highest BCUT2D eigenvalue weighted by Crippen LogP contribution is 2.11. The SMILES string of the molecule is Cl.c1cc(CN2CCCOCCOCCCNCC2)ccc1CN1CCCOCCOCCCNCC1. The molecule has 37 heavy (non-hydrogen) atoms. The molecule has 2 heterocycles. The van der Waals surface area contributed by atoms with E-state index in [2.05, 4.69) is 44.7 Å². The zero-order valence-corrected chi connectivity index (χ0v) is 23.6. The van der Waals surface area contributed by atoms with Crippen molar-refractivity contribution >= 4 is 12.4 Å². The molecule has 0 amide bonds. The van der Waals surface area contributed by atoms with Gasteiger partial charge in [-0.1, -0.05) is 24.3 Å². The molecule has 3 rings (SSSR count). The van der Waals surface area contributed by atoms with E-state index in [4.69, 9.17) is 18.9 Å². The van der Waals surface area contributed by atoms with Crippen LogP contribution in [0.15, 0.2) is 24.3 Å². The number of rotatable bonds is 4. The molecule has 0 saturated carbocycles. The smallest absolute Gasteiger partial charge is 0.0700 e. The zero-order chi connectivity index (χ0) is 24.9. The molecule has 0 unspecified atom stereocenters. The van der Waals surface area contributed by atoms with Gasteiger partial charge in [0, 0.05) is 78.8 Å². The van der Waals surface area contributed by atoms with Crippen LogP contribution in [0.2, 0.25) is 0 Å². The Labute approximate surface area is 231 Å². The van der Waals surface area contributed by atoms with Crippen LogP contribution in [0, 0.1) is 0 Å². The zero-order valence-electron chi connectivity index (χ0n) is 22.8. The van der Waals surface area contributed by atoms with Crippen molar-refractivity contribution < 1.29 is 18.9 Å². The Bertz CT molecular complexity index is 573. The van der Waals surface area contributed by atoms with E-state index in [1.54, 1.807) is 0 Å². The number of nitrogens with one attached hydrogen (secondary N) is 2. The minimum Gasteiger partial charge on any atom is -0.379 e. The fraction of sp³-hybridized carbons (Fsp3) is 0.786. The molecule has 2 aliphatic heterocycles. The van der Waals surface area contributed by atoms with Gasteiger partial charge in [-0.3, -0.25) is 9.80 Å². The van der Waals surface area contributed by atoms with Crippen LogP contribution in [-0.4, -0.2) is 115 Å². The molecule has 0 bridgehead atoms. The van der Waals surface area contributed by atoms with Crippen molar-refractivity contribution in [2.45, 2.75) is 38.8 Å². The summed E-state index contributed by atoms with van der Waals surface area (Å²) in [6.45, 7) is 16.3. The van der Waals surface area contributed by atoms with Crippen molar-refractivity contribution in [3.63, 3.8) is 0 Å². The fourth-order valence-corrected chi connectivity index (χ4v) is 4.55. The lowest BCUT2D eigenvalue weighted by atomic mass is 10.1. The predicted molar refractivity (Wildman–Crippen MR) is 152 cm³/mol. The summed E-state index contributed by atoms with van der Waals surface area (Å²) in [4.78, 5) is 5.09. The predicted octanol–water partition coefficient (Wildman–Crippen LogP) is 2.55. The van der Waals surface area contributed by atoms with Crippen molar-refractivity contribution in [3.05, 3.63) is 35.4 Å². The van der Waals surface area contributed by atoms with Gasteiger partial charge in [0.2, 0.25) is 0 Å². The maximum atomic E-state index is 5.73. The van der Waals surface area contributed by atoms with Crippen LogP contribution in [-0.2, 0) is 32.0 Å². The average molecular weight is 543 g/mol. The Morgan fingerprint density at radius 1 is 0.486 bits per heavy atom. The lowest BCUT2D eigenvalue weighted by molar-refractivity contribution is 0.0421. The standard InChI is InChI=1S/C28H50N4O4.ClH/c1-9-29-11-15-31(13-3-19-35-23-21-33-17-1)25-27-5-7-28(8-6-27)26-32-14-4-20-36-24-22-34-18-2-10-30-12-16-32;/h5-8,29-30H,1-4,9-26H2;1H. The summed E-state index contributed by atoms with van der Waals surface area (Å²) in [7, 11) is 0. The Balaban J connectivity index is 0.00000481. The van der Waals surface area contributed by atoms with Gasteiger partial charge < -0.3 is 29.6 Å². The van der Waals surface area contributed by atoms with Crippen molar-refractivity contribution in [3.8, 4) is 0 Å². The van der Waals surface area contributed by atoms with Crippen LogP contribution in [0.4, 0.5) is 0 Å². The lowest BCUT2D eigenvalue weighted by Gasteiger charge is -2.24. The van der Waals surface area contributed by atoms with Crippen LogP contribution in [0.1, 0.15) is 36.8 Å². The lowest BCUT2D eigenvalue weighted by Crippen LogP contribution is -2.34. The maximum Gasteiger partial charge on any atom is 0.0700 e. The first-order valence-electron chi connectivity index (χ1n) is 14.1. The van der Waals surface area contributed by atoms with Gasteiger partial charge in [-0.15, -0.1) is 12.4 Å². The van der Waals surface area contributed by atoms with Gasteiger partial charge in [0.25, 0.3) is 0 Å². The Morgan fingerprint density at radius 3 is 1.27 bits per heavy atom. The normalized spacial score (nSPS) is 22.3. The Kier molecular flexibility index (Phi) is 19.3. The monoisotopic (exact) mass is 542 g/mol. The highest BCUT2D eigenvalue weighted by atomic mass is 35.5. The second-order valence-corrected chi connectivity index (χ2v) is 9.73. The maximum absolute atomic E-state index is 5.73. The van der Waals surface area contributed by atoms with E-state index in [-0.39, 0.29) is 12.4 Å². The molecule has 2 saturated heterocycles. The Morgan fingerprint density at radius 2 is 0.865 bits per heavy atom. The summed E-state index contributed by atoms with van der Waals surface area (Å²) in [6, 6.07) is 9.25. The largest absolute Gasteiger partial charge is 0.379 e. The van der Waals surface area contributed by atoms with Gasteiger partial charge in [-0.05, 0) is 49.9 Å². The first-order valence-corrected chi connectivity index (χ1v) is 14.1. The number of halogens is 1. The summed E-state index contributed by atoms with van der Waals surface area (Å²) >= 11 is 0. The summed E-state index contributed by atoms with van der Waals surface area (Å²) < 4.78 is 22.6. The highest BCUT2D eigenvalue weighted by Gasteiger charge is 2.09. The first-order chi connectivity index (χ1) is 17.9. The van der Waals surface area contributed by atoms with Gasteiger partial charge in [0.15, 0.2) is 0 Å². The van der Waals surface area contributed by atoms with Crippen LogP contribution in [0.5, 0.6) is 0 Å². The number of nitrogens with zero attached hydrogens (tertiary/aromatic N) is 2. The van der Waals surface area contributed by atoms with Crippen LogP contribution >= 0.6 is 12.4 Å². The molecular formula is C28H51ClN4O4. The third kappa shape index (κ3) is 16.0. The van der Waals surface area contributed by atoms with Crippen LogP contribution in [0.3, 0.4) is 0 Å². The summed E-state index contributed by atoms with van der Waals surface area (Å²) in [5.41, 5.74) is 2.76. The van der Waals surface area contributed by atoms with E-state index < -0.39 is 0 Å². The van der Waals surface area contributed by atoms with Crippen LogP contribution in [0.25, 0.3) is 0 Å². The molecular weight excluding hydrogens is 492 g/mol. The van der Waals surface area contributed by atoms with Crippen molar-refractivity contribution in [2.24, 2.45) is 0 Å². The molecule has 214 valence electrons. The van der Waals surface area contributed by atoms with Crippen LogP contribution < -0.4 is 10.6 Å². The summed E-state index contributed by atoms with van der Waals surface area (Å²) in [5.74, 6) is 0. The second-order valence-electron chi connectivity index (χ2n) is 9.73. The second kappa shape index (κ2) is 22.1. The third-order valence-corrected chi connectivity index (χ3v) is 6.60. The molecule has 1 aromatic rings. The molecule has 1 aromatic carbocycles. The molecule has 2 N–H and O–H groups in total. The Hall–Kier alpha value is -0.810. The minimum absolute atomic E-state index is 0. The number of hydrogen-bond acceptors (Lipinski definition) is 8. The molecule has 0 spiro atoms. The van der Waals surface area contributed by atoms with E-state index in [0.29, 0.717) is 26.4 Å². The van der Waals surface area contributed by atoms with Gasteiger partial charge in [-0.25, -0.2) is 0 Å². The third-order valence-electron chi connectivity index (χ3n) is 6.60. The summed E-state index contributed by atoms with van der Waals surface area (Å²) in [5, 5.41) is 7.13. The molecule has 2 aliphatic rings. The molecule has 8 nitrogen and oxygen atoms in total. The van der Waals surface area contributed by atoms with Crippen molar-refractivity contribution in [1.82, 2.24) is 20.4 Å². The molecule has 0 radical (unpaired) electrons. The molecule has 2 fully saturated rings. The molecule has 0 aromatic heterocycles. The molecule has 0 atom stereocenters. The average Bonchev–Trinajstić information content (AvgIpc) is 2.89. The summed E-state index contributed by atoms with van der Waals surface area (Å²) in [6.07, 6.45) is 4.21. The molecule has 9 heteroatoms. The number of hydrogen-bond donors (Lipinski definition) is 2. The van der Waals surface area contributed by atoms with E-state index in [1.165, 1.54) is 11.1 Å². The van der Waals surface area contributed by atoms with Gasteiger partial charge >= 0.3 is 0 Å². The van der Waals surface area contributed by atoms with Gasteiger partial charge in [0.05, 0.1) is 26.4 Å².